The second kappa shape index (κ2) is 6.74. The molecule has 0 fully saturated rings. The molecule has 2 aromatic rings. The fraction of sp³-hybridized carbons (Fsp3) is 0.333. The Balaban J connectivity index is 1.76. The van der Waals surface area contributed by atoms with Gasteiger partial charge in [-0.15, -0.1) is 11.3 Å². The van der Waals surface area contributed by atoms with E-state index < -0.39 is 0 Å². The lowest BCUT2D eigenvalue weighted by atomic mass is 9.88. The van der Waals surface area contributed by atoms with Crippen LogP contribution in [0.1, 0.15) is 34.9 Å². The molecule has 0 saturated carbocycles. The molecule has 118 valence electrons. The molecular weight excluding hydrogens is 328 g/mol. The number of halogens is 1. The van der Waals surface area contributed by atoms with Gasteiger partial charge in [0.25, 0.3) is 0 Å². The molecule has 1 N–H and O–H groups in total. The molecule has 5 heteroatoms. The van der Waals surface area contributed by atoms with Crippen LogP contribution in [0.15, 0.2) is 24.3 Å². The normalized spacial score (nSPS) is 16.5. The fourth-order valence-electron chi connectivity index (χ4n) is 2.92. The number of benzene rings is 1. The maximum absolute atomic E-state index is 12.3. The van der Waals surface area contributed by atoms with Crippen molar-refractivity contribution >= 4 is 33.8 Å². The number of amides is 1. The van der Waals surface area contributed by atoms with Gasteiger partial charge in [-0.05, 0) is 48.4 Å². The molecule has 0 unspecified atom stereocenters. The van der Waals surface area contributed by atoms with Crippen molar-refractivity contribution in [2.45, 2.75) is 32.6 Å². The van der Waals surface area contributed by atoms with E-state index in [0.717, 1.165) is 30.4 Å². The smallest absolute Gasteiger partial charge is 0.229 e. The summed E-state index contributed by atoms with van der Waals surface area (Å²) in [6.45, 7) is 2.23. The molecule has 1 heterocycles. The molecule has 3 rings (SSSR count). The van der Waals surface area contributed by atoms with Crippen LogP contribution in [0.2, 0.25) is 5.02 Å². The minimum atomic E-state index is -0.101. The SMILES string of the molecule is C[C@@H]1CCc2c(sc(NC(=O)Cc3ccc(Cl)cc3)c2C#N)C1. The third-order valence-electron chi connectivity index (χ3n) is 4.15. The maximum atomic E-state index is 12.3. The summed E-state index contributed by atoms with van der Waals surface area (Å²) in [5.74, 6) is 0.542. The number of hydrogen-bond acceptors (Lipinski definition) is 3. The molecule has 1 aliphatic carbocycles. The molecule has 1 aromatic carbocycles. The Morgan fingerprint density at radius 3 is 2.87 bits per heavy atom. The highest BCUT2D eigenvalue weighted by Crippen LogP contribution is 2.39. The lowest BCUT2D eigenvalue weighted by Crippen LogP contribution is -2.14. The molecule has 1 aromatic heterocycles. The van der Waals surface area contributed by atoms with Crippen molar-refractivity contribution in [3.63, 3.8) is 0 Å². The first kappa shape index (κ1) is 16.0. The number of anilines is 1. The number of thiophene rings is 1. The average Bonchev–Trinajstić information content (AvgIpc) is 2.85. The summed E-state index contributed by atoms with van der Waals surface area (Å²) in [7, 11) is 0. The number of carbonyl (C=O) groups excluding carboxylic acids is 1. The number of fused-ring (bicyclic) bond motifs is 1. The van der Waals surface area contributed by atoms with Crippen LogP contribution in [0, 0.1) is 17.2 Å². The summed E-state index contributed by atoms with van der Waals surface area (Å²) in [5.41, 5.74) is 2.69. The second-order valence-electron chi connectivity index (χ2n) is 6.02. The highest BCUT2D eigenvalue weighted by Gasteiger charge is 2.24. The van der Waals surface area contributed by atoms with Gasteiger partial charge in [0.1, 0.15) is 11.1 Å². The summed E-state index contributed by atoms with van der Waals surface area (Å²) in [6.07, 6.45) is 3.32. The number of nitriles is 1. The van der Waals surface area contributed by atoms with E-state index in [2.05, 4.69) is 18.3 Å². The Hall–Kier alpha value is -1.83. The Labute approximate surface area is 144 Å². The first-order valence-electron chi connectivity index (χ1n) is 7.65. The molecule has 0 spiro atoms. The van der Waals surface area contributed by atoms with E-state index in [1.807, 2.05) is 12.1 Å². The van der Waals surface area contributed by atoms with Gasteiger partial charge in [0, 0.05) is 9.90 Å². The summed E-state index contributed by atoms with van der Waals surface area (Å²) in [5, 5.41) is 13.7. The summed E-state index contributed by atoms with van der Waals surface area (Å²) >= 11 is 7.41. The van der Waals surface area contributed by atoms with E-state index in [1.165, 1.54) is 4.88 Å². The zero-order chi connectivity index (χ0) is 16.4. The highest BCUT2D eigenvalue weighted by atomic mass is 35.5. The zero-order valence-corrected chi connectivity index (χ0v) is 14.4. The summed E-state index contributed by atoms with van der Waals surface area (Å²) in [4.78, 5) is 13.5. The van der Waals surface area contributed by atoms with Crippen LogP contribution in [-0.4, -0.2) is 5.91 Å². The number of carbonyl (C=O) groups is 1. The van der Waals surface area contributed by atoms with Crippen molar-refractivity contribution < 1.29 is 4.79 Å². The maximum Gasteiger partial charge on any atom is 0.229 e. The van der Waals surface area contributed by atoms with E-state index in [0.29, 0.717) is 21.5 Å². The van der Waals surface area contributed by atoms with E-state index >= 15 is 0 Å². The van der Waals surface area contributed by atoms with Crippen molar-refractivity contribution in [2.75, 3.05) is 5.32 Å². The molecule has 0 aliphatic heterocycles. The number of hydrogen-bond donors (Lipinski definition) is 1. The van der Waals surface area contributed by atoms with Crippen LogP contribution in [0.4, 0.5) is 5.00 Å². The minimum Gasteiger partial charge on any atom is -0.316 e. The summed E-state index contributed by atoms with van der Waals surface area (Å²) in [6, 6.07) is 9.50. The Kier molecular flexibility index (Phi) is 4.70. The molecule has 23 heavy (non-hydrogen) atoms. The van der Waals surface area contributed by atoms with Gasteiger partial charge in [0.2, 0.25) is 5.91 Å². The fourth-order valence-corrected chi connectivity index (χ4v) is 4.42. The Bertz CT molecular complexity index is 774. The average molecular weight is 345 g/mol. The first-order chi connectivity index (χ1) is 11.1. The van der Waals surface area contributed by atoms with E-state index in [9.17, 15) is 10.1 Å². The lowest BCUT2D eigenvalue weighted by Gasteiger charge is -2.17. The molecule has 1 aliphatic rings. The van der Waals surface area contributed by atoms with Crippen molar-refractivity contribution in [1.82, 2.24) is 0 Å². The Morgan fingerprint density at radius 1 is 1.43 bits per heavy atom. The van der Waals surface area contributed by atoms with Gasteiger partial charge >= 0.3 is 0 Å². The molecule has 0 radical (unpaired) electrons. The third kappa shape index (κ3) is 3.57. The topological polar surface area (TPSA) is 52.9 Å². The largest absolute Gasteiger partial charge is 0.316 e. The van der Waals surface area contributed by atoms with Crippen LogP contribution < -0.4 is 5.32 Å². The van der Waals surface area contributed by atoms with Crippen LogP contribution in [0.25, 0.3) is 0 Å². The van der Waals surface area contributed by atoms with Crippen molar-refractivity contribution in [3.05, 3.63) is 50.9 Å². The number of rotatable bonds is 3. The monoisotopic (exact) mass is 344 g/mol. The van der Waals surface area contributed by atoms with Gasteiger partial charge in [-0.25, -0.2) is 0 Å². The third-order valence-corrected chi connectivity index (χ3v) is 5.58. The van der Waals surface area contributed by atoms with Gasteiger partial charge in [-0.3, -0.25) is 4.79 Å². The van der Waals surface area contributed by atoms with Gasteiger partial charge in [-0.1, -0.05) is 30.7 Å². The quantitative estimate of drug-likeness (QED) is 0.886. The molecule has 1 amide bonds. The molecule has 0 bridgehead atoms. The van der Waals surface area contributed by atoms with Gasteiger partial charge in [0.05, 0.1) is 12.0 Å². The van der Waals surface area contributed by atoms with Gasteiger partial charge in [-0.2, -0.15) is 5.26 Å². The first-order valence-corrected chi connectivity index (χ1v) is 8.85. The predicted octanol–water partition coefficient (Wildman–Crippen LogP) is 4.58. The molecule has 3 nitrogen and oxygen atoms in total. The van der Waals surface area contributed by atoms with Crippen LogP contribution >= 0.6 is 22.9 Å². The van der Waals surface area contributed by atoms with E-state index in [-0.39, 0.29) is 12.3 Å². The minimum absolute atomic E-state index is 0.101. The van der Waals surface area contributed by atoms with Crippen molar-refractivity contribution in [2.24, 2.45) is 5.92 Å². The second-order valence-corrected chi connectivity index (χ2v) is 7.56. The van der Waals surface area contributed by atoms with Crippen LogP contribution in [0.5, 0.6) is 0 Å². The van der Waals surface area contributed by atoms with Gasteiger partial charge < -0.3 is 5.32 Å². The number of nitrogens with one attached hydrogen (secondary N) is 1. The standard InChI is InChI=1S/C18H17ClN2OS/c1-11-2-7-14-15(10-20)18(23-16(14)8-11)21-17(22)9-12-3-5-13(19)6-4-12/h3-6,11H,2,7-9H2,1H3,(H,21,22)/t11-/m1/s1. The van der Waals surface area contributed by atoms with Crippen LogP contribution in [0.3, 0.4) is 0 Å². The molecular formula is C18H17ClN2OS. The lowest BCUT2D eigenvalue weighted by molar-refractivity contribution is -0.115. The predicted molar refractivity (Wildman–Crippen MR) is 94.0 cm³/mol. The van der Waals surface area contributed by atoms with Crippen molar-refractivity contribution in [1.29, 1.82) is 5.26 Å². The van der Waals surface area contributed by atoms with E-state index in [4.69, 9.17) is 11.6 Å². The highest BCUT2D eigenvalue weighted by molar-refractivity contribution is 7.16. The van der Waals surface area contributed by atoms with Crippen LogP contribution in [-0.2, 0) is 24.1 Å². The zero-order valence-electron chi connectivity index (χ0n) is 12.9. The van der Waals surface area contributed by atoms with Crippen molar-refractivity contribution in [3.8, 4) is 6.07 Å². The number of nitrogens with zero attached hydrogens (tertiary/aromatic N) is 1. The molecule has 0 saturated heterocycles. The van der Waals surface area contributed by atoms with E-state index in [1.54, 1.807) is 23.5 Å². The molecule has 1 atom stereocenters. The Morgan fingerprint density at radius 2 is 2.17 bits per heavy atom. The van der Waals surface area contributed by atoms with Gasteiger partial charge in [0.15, 0.2) is 0 Å². The summed E-state index contributed by atoms with van der Waals surface area (Å²) < 4.78 is 0.